The Balaban J connectivity index is 1.80. The molecule has 2 fully saturated rings. The Labute approximate surface area is 142 Å². The maximum atomic E-state index is 12.9. The van der Waals surface area contributed by atoms with E-state index in [1.807, 2.05) is 51.1 Å². The van der Waals surface area contributed by atoms with Crippen molar-refractivity contribution in [2.24, 2.45) is 16.2 Å². The molecule has 1 aromatic rings. The first-order valence-electron chi connectivity index (χ1n) is 8.35. The number of carbonyl (C=O) groups excluding carboxylic acids is 3. The highest BCUT2D eigenvalue weighted by Crippen LogP contribution is 2.56. The number of rotatable bonds is 3. The van der Waals surface area contributed by atoms with Gasteiger partial charge in [-0.3, -0.25) is 19.7 Å². The molecule has 1 aliphatic carbocycles. The van der Waals surface area contributed by atoms with Crippen LogP contribution < -0.4 is 10.6 Å². The summed E-state index contributed by atoms with van der Waals surface area (Å²) in [6.07, 6.45) is 1.41. The Kier molecular flexibility index (Phi) is 3.78. The number of carbonyl (C=O) groups is 3. The Morgan fingerprint density at radius 1 is 1.00 bits per heavy atom. The molecule has 2 bridgehead atoms. The van der Waals surface area contributed by atoms with Crippen LogP contribution >= 0.6 is 0 Å². The average molecular weight is 328 g/mol. The highest BCUT2D eigenvalue weighted by molar-refractivity contribution is 6.04. The second-order valence-electron chi connectivity index (χ2n) is 8.16. The van der Waals surface area contributed by atoms with E-state index in [4.69, 9.17) is 0 Å². The van der Waals surface area contributed by atoms with Crippen LogP contribution in [0.3, 0.4) is 0 Å². The largest absolute Gasteiger partial charge is 0.352 e. The van der Waals surface area contributed by atoms with Crippen molar-refractivity contribution in [3.05, 3.63) is 35.9 Å². The molecule has 1 heterocycles. The monoisotopic (exact) mass is 328 g/mol. The summed E-state index contributed by atoms with van der Waals surface area (Å²) >= 11 is 0. The van der Waals surface area contributed by atoms with Gasteiger partial charge in [-0.1, -0.05) is 51.1 Å². The first kappa shape index (κ1) is 16.7. The molecule has 0 aromatic heterocycles. The molecule has 2 aliphatic rings. The summed E-state index contributed by atoms with van der Waals surface area (Å²) in [5.74, 6) is -0.607. The smallest absolute Gasteiger partial charge is 0.232 e. The van der Waals surface area contributed by atoms with Gasteiger partial charge in [0, 0.05) is 22.8 Å². The molecule has 2 N–H and O–H groups in total. The number of piperidine rings is 1. The molecular formula is C19H24N2O3. The normalized spacial score (nSPS) is 35.3. The Hall–Kier alpha value is -2.17. The van der Waals surface area contributed by atoms with Crippen molar-refractivity contribution in [2.45, 2.75) is 46.6 Å². The minimum atomic E-state index is -0.732. The predicted molar refractivity (Wildman–Crippen MR) is 89.6 cm³/mol. The van der Waals surface area contributed by atoms with Gasteiger partial charge in [-0.2, -0.15) is 0 Å². The van der Waals surface area contributed by atoms with Crippen molar-refractivity contribution in [2.75, 3.05) is 0 Å². The fourth-order valence-corrected chi connectivity index (χ4v) is 4.65. The average Bonchev–Trinajstić information content (AvgIpc) is 2.51. The van der Waals surface area contributed by atoms with E-state index in [0.29, 0.717) is 25.8 Å². The van der Waals surface area contributed by atoms with Crippen LogP contribution in [0.1, 0.15) is 45.6 Å². The van der Waals surface area contributed by atoms with Gasteiger partial charge in [0.05, 0.1) is 0 Å². The molecule has 0 spiro atoms. The van der Waals surface area contributed by atoms with Crippen LogP contribution in [0.15, 0.2) is 30.3 Å². The third-order valence-electron chi connectivity index (χ3n) is 5.51. The van der Waals surface area contributed by atoms with Crippen LogP contribution in [0.5, 0.6) is 0 Å². The molecular weight excluding hydrogens is 304 g/mol. The lowest BCUT2D eigenvalue weighted by atomic mass is 9.52. The number of imide groups is 1. The van der Waals surface area contributed by atoms with Crippen LogP contribution in [0, 0.1) is 16.2 Å². The van der Waals surface area contributed by atoms with Gasteiger partial charge in [0.1, 0.15) is 0 Å². The molecule has 1 saturated heterocycles. The Morgan fingerprint density at radius 3 is 2.08 bits per heavy atom. The zero-order valence-corrected chi connectivity index (χ0v) is 14.4. The Morgan fingerprint density at radius 2 is 1.54 bits per heavy atom. The number of nitrogens with one attached hydrogen (secondary N) is 2. The summed E-state index contributed by atoms with van der Waals surface area (Å²) in [5.41, 5.74) is -1.07. The molecule has 0 radical (unpaired) electrons. The van der Waals surface area contributed by atoms with Gasteiger partial charge < -0.3 is 5.32 Å². The molecule has 3 amide bonds. The van der Waals surface area contributed by atoms with Crippen molar-refractivity contribution in [3.63, 3.8) is 0 Å². The second-order valence-corrected chi connectivity index (χ2v) is 8.16. The van der Waals surface area contributed by atoms with E-state index in [9.17, 15) is 14.4 Å². The fraction of sp³-hybridized carbons (Fsp3) is 0.526. The summed E-state index contributed by atoms with van der Waals surface area (Å²) in [5, 5.41) is 5.47. The third kappa shape index (κ3) is 2.72. The summed E-state index contributed by atoms with van der Waals surface area (Å²) in [6.45, 7) is 6.03. The van der Waals surface area contributed by atoms with Crippen molar-refractivity contribution < 1.29 is 14.4 Å². The van der Waals surface area contributed by atoms with Crippen LogP contribution in [-0.2, 0) is 20.9 Å². The van der Waals surface area contributed by atoms with Gasteiger partial charge in [-0.25, -0.2) is 0 Å². The standard InChI is InChI=1S/C19H24N2O3/c1-17(14(22)20-9-13-7-5-4-6-8-13)10-18(2)12-19(3,11-17)16(24)21-15(18)23/h4-8H,9-12H2,1-3H3,(H,20,22)(H,21,23,24). The van der Waals surface area contributed by atoms with Crippen LogP contribution in [0.2, 0.25) is 0 Å². The molecule has 2 unspecified atom stereocenters. The van der Waals surface area contributed by atoms with Gasteiger partial charge in [0.25, 0.3) is 0 Å². The van der Waals surface area contributed by atoms with Crippen LogP contribution in [0.25, 0.3) is 0 Å². The topological polar surface area (TPSA) is 75.3 Å². The summed E-state index contributed by atoms with van der Waals surface area (Å²) < 4.78 is 0. The van der Waals surface area contributed by atoms with Gasteiger partial charge in [0.2, 0.25) is 17.7 Å². The second kappa shape index (κ2) is 5.43. The molecule has 5 nitrogen and oxygen atoms in total. The maximum Gasteiger partial charge on any atom is 0.232 e. The zero-order chi connectivity index (χ0) is 17.6. The maximum absolute atomic E-state index is 12.9. The number of fused-ring (bicyclic) bond motifs is 2. The molecule has 5 heteroatoms. The molecule has 2 atom stereocenters. The lowest BCUT2D eigenvalue weighted by Gasteiger charge is -2.53. The van der Waals surface area contributed by atoms with Crippen molar-refractivity contribution >= 4 is 17.7 Å². The minimum absolute atomic E-state index is 0.0917. The van der Waals surface area contributed by atoms with E-state index in [1.165, 1.54) is 0 Å². The van der Waals surface area contributed by atoms with E-state index in [2.05, 4.69) is 10.6 Å². The number of benzene rings is 1. The summed E-state index contributed by atoms with van der Waals surface area (Å²) in [6, 6.07) is 9.70. The number of amides is 3. The SMILES string of the molecule is CC1(C(=O)NCc2ccccc2)CC2(C)CC(C)(C1)C(=O)NC2=O. The molecule has 3 rings (SSSR count). The van der Waals surface area contributed by atoms with E-state index in [0.717, 1.165) is 5.56 Å². The molecule has 24 heavy (non-hydrogen) atoms. The lowest BCUT2D eigenvalue weighted by Crippen LogP contribution is -2.63. The summed E-state index contributed by atoms with van der Waals surface area (Å²) in [7, 11) is 0. The fourth-order valence-electron chi connectivity index (χ4n) is 4.65. The van der Waals surface area contributed by atoms with E-state index in [-0.39, 0.29) is 17.7 Å². The van der Waals surface area contributed by atoms with Crippen LogP contribution in [-0.4, -0.2) is 17.7 Å². The molecule has 1 saturated carbocycles. The predicted octanol–water partition coefficient (Wildman–Crippen LogP) is 2.16. The molecule has 128 valence electrons. The summed E-state index contributed by atoms with van der Waals surface area (Å²) in [4.78, 5) is 37.5. The van der Waals surface area contributed by atoms with E-state index in [1.54, 1.807) is 0 Å². The highest BCUT2D eigenvalue weighted by Gasteiger charge is 2.60. The first-order valence-corrected chi connectivity index (χ1v) is 8.35. The van der Waals surface area contributed by atoms with E-state index >= 15 is 0 Å². The van der Waals surface area contributed by atoms with Gasteiger partial charge >= 0.3 is 0 Å². The lowest BCUT2D eigenvalue weighted by molar-refractivity contribution is -0.164. The van der Waals surface area contributed by atoms with Crippen molar-refractivity contribution in [1.29, 1.82) is 0 Å². The van der Waals surface area contributed by atoms with Gasteiger partial charge in [-0.05, 0) is 24.8 Å². The minimum Gasteiger partial charge on any atom is -0.352 e. The Bertz CT molecular complexity index is 672. The van der Waals surface area contributed by atoms with Gasteiger partial charge in [0.15, 0.2) is 0 Å². The van der Waals surface area contributed by atoms with Crippen molar-refractivity contribution in [1.82, 2.24) is 10.6 Å². The molecule has 1 aliphatic heterocycles. The third-order valence-corrected chi connectivity index (χ3v) is 5.51. The highest BCUT2D eigenvalue weighted by atomic mass is 16.2. The number of hydrogen-bond donors (Lipinski definition) is 2. The number of hydrogen-bond acceptors (Lipinski definition) is 3. The van der Waals surface area contributed by atoms with E-state index < -0.39 is 16.2 Å². The molecule has 1 aromatic carbocycles. The first-order chi connectivity index (χ1) is 11.2. The zero-order valence-electron chi connectivity index (χ0n) is 14.4. The quantitative estimate of drug-likeness (QED) is 0.835. The van der Waals surface area contributed by atoms with Crippen molar-refractivity contribution in [3.8, 4) is 0 Å². The van der Waals surface area contributed by atoms with Crippen LogP contribution in [0.4, 0.5) is 0 Å². The van der Waals surface area contributed by atoms with Gasteiger partial charge in [-0.15, -0.1) is 0 Å².